The first-order valence-electron chi connectivity index (χ1n) is 12.4. The van der Waals surface area contributed by atoms with Gasteiger partial charge in [0, 0.05) is 19.2 Å². The maximum absolute atomic E-state index is 13.5. The molecular formula is C26H24I4N2O7S. The maximum Gasteiger partial charge on any atom is 0.341 e. The van der Waals surface area contributed by atoms with E-state index in [9.17, 15) is 24.0 Å². The molecule has 1 atom stereocenters. The molecule has 9 nitrogen and oxygen atoms in total. The fourth-order valence-corrected chi connectivity index (χ4v) is 9.70. The number of carbonyl (C=O) groups is 5. The van der Waals surface area contributed by atoms with Crippen molar-refractivity contribution in [2.24, 2.45) is 5.92 Å². The normalized spacial score (nSPS) is 15.2. The van der Waals surface area contributed by atoms with E-state index in [1.54, 1.807) is 20.8 Å². The van der Waals surface area contributed by atoms with Crippen molar-refractivity contribution in [3.05, 3.63) is 41.4 Å². The number of thiophene rings is 1. The van der Waals surface area contributed by atoms with Crippen molar-refractivity contribution in [3.8, 4) is 0 Å². The Kier molecular flexibility index (Phi) is 10.8. The van der Waals surface area contributed by atoms with Gasteiger partial charge in [-0.15, -0.1) is 11.3 Å². The number of esters is 2. The molecule has 0 bridgehead atoms. The van der Waals surface area contributed by atoms with E-state index in [0.717, 1.165) is 48.2 Å². The molecule has 4 rings (SSSR count). The minimum atomic E-state index is -1.22. The number of benzene rings is 1. The van der Waals surface area contributed by atoms with Crippen LogP contribution < -0.4 is 5.32 Å². The van der Waals surface area contributed by atoms with Crippen LogP contribution in [0.5, 0.6) is 0 Å². The number of nitrogens with zero attached hydrogens (tertiary/aromatic N) is 1. The molecule has 0 radical (unpaired) electrons. The highest BCUT2D eigenvalue weighted by atomic mass is 127. The zero-order chi connectivity index (χ0) is 29.5. The number of rotatable bonds is 8. The van der Waals surface area contributed by atoms with E-state index < -0.39 is 48.2 Å². The second-order valence-electron chi connectivity index (χ2n) is 9.47. The Morgan fingerprint density at radius 2 is 1.50 bits per heavy atom. The number of fused-ring (bicyclic) bond motifs is 2. The second-order valence-corrected chi connectivity index (χ2v) is 14.9. The van der Waals surface area contributed by atoms with Gasteiger partial charge < -0.3 is 14.8 Å². The number of carbonyl (C=O) groups excluding carboxylic acids is 5. The van der Waals surface area contributed by atoms with Gasteiger partial charge in [0.1, 0.15) is 11.0 Å². The number of aryl methyl sites for hydroxylation is 1. The van der Waals surface area contributed by atoms with E-state index in [-0.39, 0.29) is 17.7 Å². The van der Waals surface area contributed by atoms with Gasteiger partial charge in [-0.2, -0.15) is 0 Å². The summed E-state index contributed by atoms with van der Waals surface area (Å²) in [6, 6.07) is -1.22. The summed E-state index contributed by atoms with van der Waals surface area (Å²) in [5.74, 6) is -3.56. The quantitative estimate of drug-likeness (QED) is 0.113. The number of ether oxygens (including phenoxy) is 2. The molecule has 1 aliphatic heterocycles. The third kappa shape index (κ3) is 6.06. The SMILES string of the molecule is CCOC(=O)c1c(NC(=O)COC(=O)C(C(C)C)N2C(=O)c3c(I)c(I)c(I)c(I)c3C2=O)sc2c1CCCC2. The summed E-state index contributed by atoms with van der Waals surface area (Å²) in [6.45, 7) is 4.71. The van der Waals surface area contributed by atoms with Gasteiger partial charge in [0.05, 0.1) is 23.3 Å². The minimum Gasteiger partial charge on any atom is -0.462 e. The van der Waals surface area contributed by atoms with Crippen molar-refractivity contribution >= 4 is 136 Å². The molecule has 2 heterocycles. The van der Waals surface area contributed by atoms with Crippen molar-refractivity contribution in [3.63, 3.8) is 0 Å². The highest BCUT2D eigenvalue weighted by molar-refractivity contribution is 14.1. The van der Waals surface area contributed by atoms with Crippen LogP contribution in [0.2, 0.25) is 0 Å². The van der Waals surface area contributed by atoms with Crippen LogP contribution in [0.15, 0.2) is 0 Å². The lowest BCUT2D eigenvalue weighted by atomic mass is 9.95. The Bertz CT molecular complexity index is 1390. The average molecular weight is 1020 g/mol. The largest absolute Gasteiger partial charge is 0.462 e. The smallest absolute Gasteiger partial charge is 0.341 e. The van der Waals surface area contributed by atoms with E-state index >= 15 is 0 Å². The molecule has 3 amide bonds. The first kappa shape index (κ1) is 32.3. The first-order valence-corrected chi connectivity index (χ1v) is 17.6. The van der Waals surface area contributed by atoms with Crippen molar-refractivity contribution < 1.29 is 33.4 Å². The molecule has 1 aromatic carbocycles. The monoisotopic (exact) mass is 1020 g/mol. The molecule has 2 aliphatic rings. The number of hydrogen-bond acceptors (Lipinski definition) is 8. The molecule has 1 N–H and O–H groups in total. The summed E-state index contributed by atoms with van der Waals surface area (Å²) in [4.78, 5) is 67.8. The zero-order valence-corrected chi connectivity index (χ0v) is 31.1. The van der Waals surface area contributed by atoms with Crippen molar-refractivity contribution in [1.82, 2.24) is 4.90 Å². The summed E-state index contributed by atoms with van der Waals surface area (Å²) in [5.41, 5.74) is 1.83. The van der Waals surface area contributed by atoms with E-state index in [2.05, 4.69) is 95.7 Å². The number of imide groups is 1. The average Bonchev–Trinajstić information content (AvgIpc) is 3.39. The standard InChI is InChI=1S/C26H24I4N2O7S/c1-4-38-25(36)14-11-7-5-6-8-12(11)40-22(14)31-13(33)9-39-26(37)21(10(2)3)32-23(34)15-16(24(32)35)18(28)20(30)19(29)17(15)27/h10,21H,4-9H2,1-3H3,(H,31,33). The van der Waals surface area contributed by atoms with Gasteiger partial charge in [0.2, 0.25) is 0 Å². The topological polar surface area (TPSA) is 119 Å². The summed E-state index contributed by atoms with van der Waals surface area (Å²) in [7, 11) is 0. The van der Waals surface area contributed by atoms with Gasteiger partial charge in [-0.05, 0) is 134 Å². The Morgan fingerprint density at radius 3 is 2.05 bits per heavy atom. The molecule has 1 aromatic heterocycles. The molecule has 2 aromatic rings. The van der Waals surface area contributed by atoms with Crippen molar-refractivity contribution in [2.75, 3.05) is 18.5 Å². The fourth-order valence-electron chi connectivity index (χ4n) is 4.75. The van der Waals surface area contributed by atoms with Crippen molar-refractivity contribution in [1.29, 1.82) is 0 Å². The molecule has 0 saturated carbocycles. The molecule has 0 spiro atoms. The summed E-state index contributed by atoms with van der Waals surface area (Å²) >= 11 is 9.72. The van der Waals surface area contributed by atoms with Crippen LogP contribution in [-0.4, -0.2) is 53.8 Å². The maximum atomic E-state index is 13.5. The van der Waals surface area contributed by atoms with Gasteiger partial charge in [-0.1, -0.05) is 13.8 Å². The first-order chi connectivity index (χ1) is 18.9. The Labute approximate surface area is 289 Å². The molecule has 0 fully saturated rings. The Morgan fingerprint density at radius 1 is 0.925 bits per heavy atom. The Hall–Kier alpha value is -0.610. The van der Waals surface area contributed by atoms with Crippen LogP contribution in [0.4, 0.5) is 5.00 Å². The molecule has 14 heteroatoms. The molecule has 214 valence electrons. The number of halogens is 4. The number of hydrogen-bond donors (Lipinski definition) is 1. The molecular weight excluding hydrogens is 992 g/mol. The van der Waals surface area contributed by atoms with Crippen LogP contribution >= 0.6 is 102 Å². The highest BCUT2D eigenvalue weighted by Gasteiger charge is 2.48. The third-order valence-corrected chi connectivity index (χ3v) is 15.2. The predicted molar refractivity (Wildman–Crippen MR) is 183 cm³/mol. The van der Waals surface area contributed by atoms with Crippen LogP contribution in [0.25, 0.3) is 0 Å². The molecule has 1 aliphatic carbocycles. The van der Waals surface area contributed by atoms with Gasteiger partial charge in [0.25, 0.3) is 17.7 Å². The van der Waals surface area contributed by atoms with Crippen LogP contribution in [-0.2, 0) is 31.9 Å². The molecule has 1 unspecified atom stereocenters. The van der Waals surface area contributed by atoms with Crippen LogP contribution in [0, 0.1) is 20.2 Å². The number of amides is 3. The highest BCUT2D eigenvalue weighted by Crippen LogP contribution is 2.40. The zero-order valence-electron chi connectivity index (χ0n) is 21.6. The number of anilines is 1. The lowest BCUT2D eigenvalue weighted by molar-refractivity contribution is -0.152. The van der Waals surface area contributed by atoms with Gasteiger partial charge in [0.15, 0.2) is 6.61 Å². The van der Waals surface area contributed by atoms with Crippen molar-refractivity contribution in [2.45, 2.75) is 52.5 Å². The predicted octanol–water partition coefficient (Wildman–Crippen LogP) is 6.02. The number of nitrogens with one attached hydrogen (secondary N) is 1. The lowest BCUT2D eigenvalue weighted by Gasteiger charge is -2.27. The van der Waals surface area contributed by atoms with E-state index in [0.29, 0.717) is 17.7 Å². The third-order valence-electron chi connectivity index (χ3n) is 6.53. The summed E-state index contributed by atoms with van der Waals surface area (Å²) in [6.07, 6.45) is 3.51. The fraction of sp³-hybridized carbons (Fsp3) is 0.423. The van der Waals surface area contributed by atoms with E-state index in [1.807, 2.05) is 0 Å². The van der Waals surface area contributed by atoms with Crippen LogP contribution in [0.1, 0.15) is 75.1 Å². The Balaban J connectivity index is 1.52. The lowest BCUT2D eigenvalue weighted by Crippen LogP contribution is -2.49. The molecule has 0 saturated heterocycles. The summed E-state index contributed by atoms with van der Waals surface area (Å²) < 4.78 is 13.6. The molecule has 40 heavy (non-hydrogen) atoms. The minimum absolute atomic E-state index is 0.208. The van der Waals surface area contributed by atoms with Gasteiger partial charge >= 0.3 is 11.9 Å². The van der Waals surface area contributed by atoms with E-state index in [1.165, 1.54) is 11.3 Å². The van der Waals surface area contributed by atoms with Gasteiger partial charge in [-0.3, -0.25) is 19.3 Å². The second kappa shape index (κ2) is 13.4. The van der Waals surface area contributed by atoms with Gasteiger partial charge in [-0.25, -0.2) is 9.59 Å². The van der Waals surface area contributed by atoms with Crippen LogP contribution in [0.3, 0.4) is 0 Å². The van der Waals surface area contributed by atoms with E-state index in [4.69, 9.17) is 9.47 Å². The summed E-state index contributed by atoms with van der Waals surface area (Å²) in [5, 5.41) is 3.09.